The van der Waals surface area contributed by atoms with Gasteiger partial charge in [-0.25, -0.2) is 4.90 Å². The normalized spacial score (nSPS) is 24.0. The van der Waals surface area contributed by atoms with Crippen molar-refractivity contribution in [3.63, 3.8) is 0 Å². The molecule has 2 heterocycles. The second-order valence-electron chi connectivity index (χ2n) is 10.5. The largest absolute Gasteiger partial charge is 0.425 e. The number of carbonyl (C=O) groups is 3. The van der Waals surface area contributed by atoms with Gasteiger partial charge in [0.1, 0.15) is 5.75 Å². The lowest BCUT2D eigenvalue weighted by Crippen LogP contribution is -2.42. The van der Waals surface area contributed by atoms with Crippen LogP contribution in [0, 0.1) is 31.6 Å². The van der Waals surface area contributed by atoms with Crippen molar-refractivity contribution in [2.75, 3.05) is 4.90 Å². The first-order chi connectivity index (χ1) is 18.4. The van der Waals surface area contributed by atoms with Crippen LogP contribution >= 0.6 is 0 Å². The summed E-state index contributed by atoms with van der Waals surface area (Å²) in [7, 11) is 0. The van der Waals surface area contributed by atoms with Gasteiger partial charge in [-0.2, -0.15) is 0 Å². The number of allylic oxidation sites excluding steroid dienone is 1. The summed E-state index contributed by atoms with van der Waals surface area (Å²) >= 11 is 0. The van der Waals surface area contributed by atoms with E-state index in [2.05, 4.69) is 0 Å². The number of hydrogen-bond acceptors (Lipinski definition) is 4. The Labute approximate surface area is 220 Å². The van der Waals surface area contributed by atoms with E-state index in [0.717, 1.165) is 38.6 Å². The first kappa shape index (κ1) is 22.7. The molecule has 0 radical (unpaired) electrons. The standard InChI is InChI=1S/C33H25NO4/c1-18-12-13-19(2)26(16-18)34-31(35)27-24(20-8-4-3-5-9-20)17-25-23-15-14-21-10-6-7-11-22(21)30(23)38-33(37)28(25)29(27)32(34)36/h3-17,24,27-29H,1-2H3/t24-,27-,28-,29+/m1/s1. The predicted molar refractivity (Wildman–Crippen MR) is 146 cm³/mol. The number of esters is 1. The Morgan fingerprint density at radius 2 is 1.50 bits per heavy atom. The molecule has 0 saturated carbocycles. The van der Waals surface area contributed by atoms with Crippen LogP contribution in [0.25, 0.3) is 16.3 Å². The average molecular weight is 500 g/mol. The monoisotopic (exact) mass is 499 g/mol. The molecular weight excluding hydrogens is 474 g/mol. The Hall–Kier alpha value is -4.51. The van der Waals surface area contributed by atoms with Crippen LogP contribution in [-0.2, 0) is 14.4 Å². The van der Waals surface area contributed by atoms with Gasteiger partial charge in [0.15, 0.2) is 0 Å². The number of benzene rings is 4. The highest BCUT2D eigenvalue weighted by molar-refractivity contribution is 6.25. The first-order valence-electron chi connectivity index (χ1n) is 12.9. The molecule has 4 atom stereocenters. The van der Waals surface area contributed by atoms with Crippen molar-refractivity contribution < 1.29 is 19.1 Å². The fourth-order valence-corrected chi connectivity index (χ4v) is 6.49. The summed E-state index contributed by atoms with van der Waals surface area (Å²) in [6, 6.07) is 27.3. The number of ether oxygens (including phenoxy) is 1. The van der Waals surface area contributed by atoms with Gasteiger partial charge in [-0.1, -0.05) is 84.9 Å². The van der Waals surface area contributed by atoms with Crippen molar-refractivity contribution in [2.24, 2.45) is 17.8 Å². The molecule has 0 aromatic heterocycles. The van der Waals surface area contributed by atoms with Crippen LogP contribution < -0.4 is 9.64 Å². The third kappa shape index (κ3) is 3.14. The van der Waals surface area contributed by atoms with E-state index in [0.29, 0.717) is 11.4 Å². The van der Waals surface area contributed by atoms with E-state index >= 15 is 0 Å². The van der Waals surface area contributed by atoms with Gasteiger partial charge in [0.2, 0.25) is 11.8 Å². The molecule has 0 spiro atoms. The minimum atomic E-state index is -0.847. The Morgan fingerprint density at radius 1 is 0.763 bits per heavy atom. The van der Waals surface area contributed by atoms with Crippen molar-refractivity contribution >= 4 is 39.8 Å². The highest BCUT2D eigenvalue weighted by atomic mass is 16.5. The number of rotatable bonds is 2. The van der Waals surface area contributed by atoms with E-state index in [1.165, 1.54) is 4.90 Å². The summed E-state index contributed by atoms with van der Waals surface area (Å²) in [5.74, 6) is -3.33. The van der Waals surface area contributed by atoms with Crippen LogP contribution in [0.4, 0.5) is 5.69 Å². The van der Waals surface area contributed by atoms with Gasteiger partial charge in [-0.05, 0) is 47.6 Å². The number of imide groups is 1. The van der Waals surface area contributed by atoms with Gasteiger partial charge in [-0.3, -0.25) is 14.4 Å². The number of amides is 2. The van der Waals surface area contributed by atoms with E-state index in [4.69, 9.17) is 4.74 Å². The van der Waals surface area contributed by atoms with Crippen molar-refractivity contribution in [3.05, 3.63) is 113 Å². The highest BCUT2D eigenvalue weighted by Crippen LogP contribution is 2.55. The Morgan fingerprint density at radius 3 is 2.32 bits per heavy atom. The van der Waals surface area contributed by atoms with Gasteiger partial charge in [-0.15, -0.1) is 0 Å². The molecule has 5 heteroatoms. The number of hydrogen-bond donors (Lipinski definition) is 0. The molecule has 5 nitrogen and oxygen atoms in total. The zero-order chi connectivity index (χ0) is 26.1. The van der Waals surface area contributed by atoms with Crippen LogP contribution in [-0.4, -0.2) is 17.8 Å². The first-order valence-corrected chi connectivity index (χ1v) is 12.9. The van der Waals surface area contributed by atoms with E-state index in [1.54, 1.807) is 0 Å². The van der Waals surface area contributed by atoms with Crippen molar-refractivity contribution in [2.45, 2.75) is 19.8 Å². The van der Waals surface area contributed by atoms with Crippen molar-refractivity contribution in [1.82, 2.24) is 0 Å². The molecule has 3 aliphatic rings. The molecule has 1 fully saturated rings. The van der Waals surface area contributed by atoms with E-state index in [9.17, 15) is 14.4 Å². The summed E-state index contributed by atoms with van der Waals surface area (Å²) < 4.78 is 5.97. The number of anilines is 1. The predicted octanol–water partition coefficient (Wildman–Crippen LogP) is 5.98. The molecular formula is C33H25NO4. The molecule has 2 amide bonds. The quantitative estimate of drug-likeness (QED) is 0.193. The van der Waals surface area contributed by atoms with E-state index < -0.39 is 23.7 Å². The van der Waals surface area contributed by atoms with Gasteiger partial charge < -0.3 is 4.74 Å². The van der Waals surface area contributed by atoms with E-state index in [-0.39, 0.29) is 17.7 Å². The molecule has 2 aliphatic heterocycles. The summed E-state index contributed by atoms with van der Waals surface area (Å²) in [6.45, 7) is 3.83. The van der Waals surface area contributed by atoms with Crippen LogP contribution in [0.1, 0.15) is 28.2 Å². The topological polar surface area (TPSA) is 63.7 Å². The Kier molecular flexibility index (Phi) is 4.92. The smallest absolute Gasteiger partial charge is 0.319 e. The van der Waals surface area contributed by atoms with E-state index in [1.807, 2.05) is 105 Å². The molecule has 4 aromatic carbocycles. The lowest BCUT2D eigenvalue weighted by Gasteiger charge is -2.38. The molecule has 4 aromatic rings. The third-order valence-corrected chi connectivity index (χ3v) is 8.28. The molecule has 38 heavy (non-hydrogen) atoms. The van der Waals surface area contributed by atoms with Gasteiger partial charge in [0, 0.05) is 16.9 Å². The summed E-state index contributed by atoms with van der Waals surface area (Å²) in [5.41, 5.74) is 4.89. The minimum absolute atomic E-state index is 0.269. The second-order valence-corrected chi connectivity index (χ2v) is 10.5. The van der Waals surface area contributed by atoms with Crippen molar-refractivity contribution in [1.29, 1.82) is 0 Å². The molecule has 0 N–H and O–H groups in total. The summed E-state index contributed by atoms with van der Waals surface area (Å²) in [6.07, 6.45) is 2.03. The fraction of sp³-hybridized carbons (Fsp3) is 0.182. The maximum Gasteiger partial charge on any atom is 0.319 e. The second kappa shape index (κ2) is 8.25. The molecule has 7 rings (SSSR count). The molecule has 0 bridgehead atoms. The number of carbonyl (C=O) groups excluding carboxylic acids is 3. The van der Waals surface area contributed by atoms with Crippen LogP contribution in [0.3, 0.4) is 0 Å². The lowest BCUT2D eigenvalue weighted by molar-refractivity contribution is -0.142. The maximum atomic E-state index is 14.2. The number of nitrogens with zero attached hydrogens (tertiary/aromatic N) is 1. The molecule has 0 unspecified atom stereocenters. The van der Waals surface area contributed by atoms with Crippen LogP contribution in [0.5, 0.6) is 5.75 Å². The summed E-state index contributed by atoms with van der Waals surface area (Å²) in [5, 5.41) is 1.82. The third-order valence-electron chi connectivity index (χ3n) is 8.28. The molecule has 1 aliphatic carbocycles. The lowest BCUT2D eigenvalue weighted by atomic mass is 9.64. The van der Waals surface area contributed by atoms with Gasteiger partial charge >= 0.3 is 5.97 Å². The average Bonchev–Trinajstić information content (AvgIpc) is 3.19. The van der Waals surface area contributed by atoms with Gasteiger partial charge in [0.25, 0.3) is 0 Å². The minimum Gasteiger partial charge on any atom is -0.425 e. The number of fused-ring (bicyclic) bond motifs is 7. The summed E-state index contributed by atoms with van der Waals surface area (Å²) in [4.78, 5) is 43.3. The van der Waals surface area contributed by atoms with Crippen LogP contribution in [0.15, 0.2) is 91.0 Å². The van der Waals surface area contributed by atoms with Crippen LogP contribution in [0.2, 0.25) is 0 Å². The zero-order valence-corrected chi connectivity index (χ0v) is 21.0. The molecule has 1 saturated heterocycles. The van der Waals surface area contributed by atoms with Crippen molar-refractivity contribution in [3.8, 4) is 5.75 Å². The fourth-order valence-electron chi connectivity index (χ4n) is 6.49. The number of aryl methyl sites for hydroxylation is 2. The highest BCUT2D eigenvalue weighted by Gasteiger charge is 2.60. The Balaban J connectivity index is 1.45. The maximum absolute atomic E-state index is 14.2. The molecule has 186 valence electrons. The van der Waals surface area contributed by atoms with Gasteiger partial charge in [0.05, 0.1) is 23.4 Å². The zero-order valence-electron chi connectivity index (χ0n) is 21.0. The SMILES string of the molecule is Cc1ccc(C)c(N2C(=O)[C@@H]3[C@@H]4C(=O)Oc5c(ccc6ccccc56)C4=C[C@H](c4ccccc4)[C@H]3C2=O)c1. The Bertz CT molecular complexity index is 1700.